The summed E-state index contributed by atoms with van der Waals surface area (Å²) < 4.78 is 31.0. The van der Waals surface area contributed by atoms with Crippen molar-refractivity contribution in [2.45, 2.75) is 38.3 Å². The number of benzene rings is 2. The number of ether oxygens (including phenoxy) is 3. The van der Waals surface area contributed by atoms with Gasteiger partial charge in [-0.15, -0.1) is 0 Å². The van der Waals surface area contributed by atoms with Gasteiger partial charge in [-0.05, 0) is 41.3 Å². The first-order chi connectivity index (χ1) is 16.4. The lowest BCUT2D eigenvalue weighted by Gasteiger charge is -2.43. The van der Waals surface area contributed by atoms with Crippen molar-refractivity contribution in [3.63, 3.8) is 0 Å². The van der Waals surface area contributed by atoms with Gasteiger partial charge in [-0.1, -0.05) is 38.1 Å². The molecule has 0 aliphatic carbocycles. The zero-order valence-electron chi connectivity index (χ0n) is 20.2. The molecule has 1 unspecified atom stereocenters. The van der Waals surface area contributed by atoms with E-state index in [0.717, 1.165) is 13.1 Å². The number of carbonyl (C=O) groups excluding carboxylic acids is 1. The molecule has 1 atom stereocenters. The third kappa shape index (κ3) is 6.56. The van der Waals surface area contributed by atoms with Crippen molar-refractivity contribution >= 4 is 5.91 Å². The normalized spacial score (nSPS) is 21.6. The second kappa shape index (κ2) is 11.3. The van der Waals surface area contributed by atoms with Crippen LogP contribution in [-0.4, -0.2) is 73.9 Å². The van der Waals surface area contributed by atoms with Crippen LogP contribution in [0.3, 0.4) is 0 Å². The Balaban J connectivity index is 1.47. The Morgan fingerprint density at radius 3 is 2.41 bits per heavy atom. The van der Waals surface area contributed by atoms with E-state index < -0.39 is 5.60 Å². The SMILES string of the molecule is CC(C)c1ccc(CN2CCOC(COc3ccc(F)cc3)(CC(=O)N3CCOCC3)C2)cc1. The minimum absolute atomic E-state index is 0.0501. The van der Waals surface area contributed by atoms with Crippen LogP contribution in [0, 0.1) is 5.82 Å². The minimum Gasteiger partial charge on any atom is -0.491 e. The van der Waals surface area contributed by atoms with Gasteiger partial charge < -0.3 is 19.1 Å². The topological polar surface area (TPSA) is 51.2 Å². The molecule has 2 aromatic rings. The molecule has 7 heteroatoms. The minimum atomic E-state index is -0.778. The van der Waals surface area contributed by atoms with Gasteiger partial charge in [0.05, 0.1) is 26.2 Å². The summed E-state index contributed by atoms with van der Waals surface area (Å²) in [7, 11) is 0. The maximum Gasteiger partial charge on any atom is 0.225 e. The standard InChI is InChI=1S/C27H35FN2O4/c1-21(2)23-5-3-22(4-6-23)18-29-11-16-34-27(19-29,17-26(31)30-12-14-32-15-13-30)20-33-25-9-7-24(28)8-10-25/h3-10,21H,11-20H2,1-2H3. The Morgan fingerprint density at radius 2 is 1.74 bits per heavy atom. The van der Waals surface area contributed by atoms with Crippen LogP contribution in [0.2, 0.25) is 0 Å². The first kappa shape index (κ1) is 24.6. The third-order valence-electron chi connectivity index (χ3n) is 6.53. The molecule has 0 spiro atoms. The molecular weight excluding hydrogens is 435 g/mol. The van der Waals surface area contributed by atoms with Crippen molar-refractivity contribution in [3.05, 3.63) is 65.5 Å². The van der Waals surface area contributed by atoms with E-state index in [9.17, 15) is 9.18 Å². The molecule has 2 aliphatic heterocycles. The van der Waals surface area contributed by atoms with E-state index in [-0.39, 0.29) is 24.8 Å². The average molecular weight is 471 g/mol. The predicted molar refractivity (Wildman–Crippen MR) is 128 cm³/mol. The summed E-state index contributed by atoms with van der Waals surface area (Å²) in [5.41, 5.74) is 1.78. The molecule has 2 aliphatic rings. The van der Waals surface area contributed by atoms with Crippen molar-refractivity contribution in [3.8, 4) is 5.75 Å². The summed E-state index contributed by atoms with van der Waals surface area (Å²) in [6, 6.07) is 14.7. The van der Waals surface area contributed by atoms with Crippen LogP contribution in [-0.2, 0) is 20.8 Å². The molecule has 0 bridgehead atoms. The van der Waals surface area contributed by atoms with Crippen LogP contribution in [0.1, 0.15) is 37.3 Å². The molecule has 0 N–H and O–H groups in total. The van der Waals surface area contributed by atoms with E-state index >= 15 is 0 Å². The van der Waals surface area contributed by atoms with Gasteiger partial charge >= 0.3 is 0 Å². The van der Waals surface area contributed by atoms with E-state index in [1.165, 1.54) is 23.3 Å². The largest absolute Gasteiger partial charge is 0.491 e. The molecule has 34 heavy (non-hydrogen) atoms. The maximum absolute atomic E-state index is 13.3. The van der Waals surface area contributed by atoms with Crippen LogP contribution >= 0.6 is 0 Å². The fourth-order valence-electron chi connectivity index (χ4n) is 4.52. The molecule has 2 saturated heterocycles. The van der Waals surface area contributed by atoms with E-state index in [2.05, 4.69) is 43.0 Å². The van der Waals surface area contributed by atoms with E-state index in [0.29, 0.717) is 51.1 Å². The molecule has 6 nitrogen and oxygen atoms in total. The highest BCUT2D eigenvalue weighted by Crippen LogP contribution is 2.27. The number of hydrogen-bond acceptors (Lipinski definition) is 5. The van der Waals surface area contributed by atoms with Crippen LogP contribution in [0.25, 0.3) is 0 Å². The molecule has 2 fully saturated rings. The van der Waals surface area contributed by atoms with Gasteiger partial charge in [-0.3, -0.25) is 9.69 Å². The fourth-order valence-corrected chi connectivity index (χ4v) is 4.52. The first-order valence-electron chi connectivity index (χ1n) is 12.1. The second-order valence-corrected chi connectivity index (χ2v) is 9.55. The molecule has 0 saturated carbocycles. The van der Waals surface area contributed by atoms with Gasteiger partial charge in [0, 0.05) is 32.7 Å². The predicted octanol–water partition coefficient (Wildman–Crippen LogP) is 3.85. The Labute approximate surface area is 201 Å². The summed E-state index contributed by atoms with van der Waals surface area (Å²) in [6.45, 7) is 9.59. The van der Waals surface area contributed by atoms with Crippen molar-refractivity contribution in [1.29, 1.82) is 0 Å². The third-order valence-corrected chi connectivity index (χ3v) is 6.53. The number of hydrogen-bond donors (Lipinski definition) is 0. The zero-order chi connectivity index (χ0) is 24.0. The van der Waals surface area contributed by atoms with Crippen LogP contribution in [0.5, 0.6) is 5.75 Å². The second-order valence-electron chi connectivity index (χ2n) is 9.55. The van der Waals surface area contributed by atoms with Crippen LogP contribution in [0.15, 0.2) is 48.5 Å². The number of halogens is 1. The number of amides is 1. The molecule has 1 amide bonds. The summed E-state index contributed by atoms with van der Waals surface area (Å²) in [6.07, 6.45) is 0.233. The number of morpholine rings is 2. The molecule has 0 aromatic heterocycles. The summed E-state index contributed by atoms with van der Waals surface area (Å²) >= 11 is 0. The van der Waals surface area contributed by atoms with Gasteiger partial charge in [0.2, 0.25) is 5.91 Å². The summed E-state index contributed by atoms with van der Waals surface area (Å²) in [5, 5.41) is 0. The smallest absolute Gasteiger partial charge is 0.225 e. The van der Waals surface area contributed by atoms with E-state index in [1.807, 2.05) is 4.90 Å². The number of nitrogens with zero attached hydrogens (tertiary/aromatic N) is 2. The molecule has 4 rings (SSSR count). The van der Waals surface area contributed by atoms with E-state index in [1.54, 1.807) is 12.1 Å². The number of carbonyl (C=O) groups is 1. The Morgan fingerprint density at radius 1 is 1.03 bits per heavy atom. The molecule has 184 valence electrons. The molecule has 2 aromatic carbocycles. The highest BCUT2D eigenvalue weighted by atomic mass is 19.1. The Hall–Kier alpha value is -2.48. The van der Waals surface area contributed by atoms with Gasteiger partial charge in [0.1, 0.15) is 23.8 Å². The van der Waals surface area contributed by atoms with Gasteiger partial charge in [-0.2, -0.15) is 0 Å². The van der Waals surface area contributed by atoms with Gasteiger partial charge in [-0.25, -0.2) is 4.39 Å². The molecule has 0 radical (unpaired) electrons. The van der Waals surface area contributed by atoms with Crippen LogP contribution in [0.4, 0.5) is 4.39 Å². The summed E-state index contributed by atoms with van der Waals surface area (Å²) in [5.74, 6) is 0.798. The Kier molecular flexibility index (Phi) is 8.19. The maximum atomic E-state index is 13.3. The van der Waals surface area contributed by atoms with Crippen molar-refractivity contribution < 1.29 is 23.4 Å². The van der Waals surface area contributed by atoms with Crippen LogP contribution < -0.4 is 4.74 Å². The van der Waals surface area contributed by atoms with Crippen molar-refractivity contribution in [1.82, 2.24) is 9.80 Å². The van der Waals surface area contributed by atoms with Crippen molar-refractivity contribution in [2.75, 3.05) is 52.6 Å². The highest BCUT2D eigenvalue weighted by Gasteiger charge is 2.41. The first-order valence-corrected chi connectivity index (χ1v) is 12.1. The monoisotopic (exact) mass is 470 g/mol. The zero-order valence-corrected chi connectivity index (χ0v) is 20.2. The van der Waals surface area contributed by atoms with Gasteiger partial charge in [0.25, 0.3) is 0 Å². The fraction of sp³-hybridized carbons (Fsp3) is 0.519. The van der Waals surface area contributed by atoms with Gasteiger partial charge in [0.15, 0.2) is 0 Å². The number of rotatable bonds is 8. The quantitative estimate of drug-likeness (QED) is 0.587. The van der Waals surface area contributed by atoms with E-state index in [4.69, 9.17) is 14.2 Å². The summed E-state index contributed by atoms with van der Waals surface area (Å²) in [4.78, 5) is 17.3. The lowest BCUT2D eigenvalue weighted by molar-refractivity contribution is -0.159. The Bertz CT molecular complexity index is 929. The lowest BCUT2D eigenvalue weighted by atomic mass is 9.96. The molecular formula is C27H35FN2O4. The lowest BCUT2D eigenvalue weighted by Crippen LogP contribution is -2.57. The van der Waals surface area contributed by atoms with Crippen molar-refractivity contribution in [2.24, 2.45) is 0 Å². The highest BCUT2D eigenvalue weighted by molar-refractivity contribution is 5.77. The molecule has 2 heterocycles. The average Bonchev–Trinajstić information content (AvgIpc) is 2.85.